The third kappa shape index (κ3) is 6.01. The van der Waals surface area contributed by atoms with Crippen LogP contribution in [0.4, 0.5) is 19.0 Å². The lowest BCUT2D eigenvalue weighted by Gasteiger charge is -2.40. The van der Waals surface area contributed by atoms with Gasteiger partial charge in [0.05, 0.1) is 10.8 Å². The van der Waals surface area contributed by atoms with Crippen LogP contribution in [0.3, 0.4) is 0 Å². The van der Waals surface area contributed by atoms with Crippen molar-refractivity contribution in [1.82, 2.24) is 20.2 Å². The molecule has 2 saturated carbocycles. The highest BCUT2D eigenvalue weighted by atomic mass is 32.2. The summed E-state index contributed by atoms with van der Waals surface area (Å²) in [7, 11) is -3.64. The molecule has 0 spiro atoms. The number of aromatic nitrogens is 2. The molecule has 3 aromatic rings. The second-order valence-electron chi connectivity index (χ2n) is 12.1. The lowest BCUT2D eigenvalue weighted by molar-refractivity contribution is -0.274. The van der Waals surface area contributed by atoms with E-state index in [1.54, 1.807) is 24.3 Å². The zero-order valence-electron chi connectivity index (χ0n) is 23.7. The number of amides is 1. The molecule has 4 aliphatic rings. The van der Waals surface area contributed by atoms with E-state index in [0.29, 0.717) is 30.8 Å². The summed E-state index contributed by atoms with van der Waals surface area (Å²) in [5.41, 5.74) is 1.55. The van der Waals surface area contributed by atoms with E-state index in [-0.39, 0.29) is 40.9 Å². The normalized spacial score (nSPS) is 23.5. The first kappa shape index (κ1) is 29.1. The van der Waals surface area contributed by atoms with Crippen LogP contribution in [0.25, 0.3) is 11.3 Å². The molecule has 4 fully saturated rings. The summed E-state index contributed by atoms with van der Waals surface area (Å²) >= 11 is 0. The van der Waals surface area contributed by atoms with Crippen molar-refractivity contribution >= 4 is 21.7 Å². The Hall–Kier alpha value is -3.65. The maximum Gasteiger partial charge on any atom is 0.573 e. The molecular weight excluding hydrogens is 599 g/mol. The van der Waals surface area contributed by atoms with Crippen LogP contribution in [-0.4, -0.2) is 54.2 Å². The van der Waals surface area contributed by atoms with Gasteiger partial charge in [-0.2, -0.15) is 0 Å². The van der Waals surface area contributed by atoms with Crippen molar-refractivity contribution in [3.8, 4) is 17.0 Å². The van der Waals surface area contributed by atoms with Crippen molar-refractivity contribution in [3.05, 3.63) is 59.5 Å². The molecule has 2 aliphatic heterocycles. The number of piperidine rings is 1. The quantitative estimate of drug-likeness (QED) is 0.317. The summed E-state index contributed by atoms with van der Waals surface area (Å²) < 4.78 is 75.8. The number of hydrogen-bond acceptors (Lipinski definition) is 9. The monoisotopic (exact) mass is 631 g/mol. The van der Waals surface area contributed by atoms with Crippen LogP contribution in [0.1, 0.15) is 79.0 Å². The molecule has 2 atom stereocenters. The summed E-state index contributed by atoms with van der Waals surface area (Å²) in [6.45, 7) is 0.404. The average Bonchev–Trinajstić information content (AvgIpc) is 3.91. The van der Waals surface area contributed by atoms with Gasteiger partial charge in [0, 0.05) is 47.9 Å². The molecule has 2 saturated heterocycles. The number of hydrogen-bond donors (Lipinski definition) is 2. The minimum absolute atomic E-state index is 0.165. The molecule has 14 heteroatoms. The SMILES string of the molecule is O=C(NS(=O)(=O)C1CC1)c1ccc(N2C3CCC2CC(NCc2c(-c4ccccc4OC(F)(F)F)noc2C2CC2)C3)nc1. The summed E-state index contributed by atoms with van der Waals surface area (Å²) in [6.07, 6.45) is 3.29. The molecule has 2 unspecified atom stereocenters. The van der Waals surface area contributed by atoms with Crippen molar-refractivity contribution in [2.24, 2.45) is 0 Å². The zero-order valence-corrected chi connectivity index (χ0v) is 24.5. The molecular formula is C30H32F3N5O5S. The fraction of sp³-hybridized carbons (Fsp3) is 0.500. The molecule has 2 N–H and O–H groups in total. The number of nitrogens with one attached hydrogen (secondary N) is 2. The van der Waals surface area contributed by atoms with Crippen molar-refractivity contribution < 1.29 is 35.6 Å². The van der Waals surface area contributed by atoms with Gasteiger partial charge < -0.3 is 19.5 Å². The first-order valence-corrected chi connectivity index (χ1v) is 16.5. The topological polar surface area (TPSA) is 127 Å². The van der Waals surface area contributed by atoms with Gasteiger partial charge in [-0.1, -0.05) is 17.3 Å². The van der Waals surface area contributed by atoms with E-state index >= 15 is 0 Å². The number of carbonyl (C=O) groups excluding carboxylic acids is 1. The van der Waals surface area contributed by atoms with E-state index in [1.165, 1.54) is 18.3 Å². The van der Waals surface area contributed by atoms with Crippen LogP contribution < -0.4 is 19.7 Å². The van der Waals surface area contributed by atoms with Gasteiger partial charge in [-0.05, 0) is 75.6 Å². The Bertz CT molecular complexity index is 1640. The highest BCUT2D eigenvalue weighted by Gasteiger charge is 2.42. The molecule has 2 aromatic heterocycles. The van der Waals surface area contributed by atoms with Gasteiger partial charge >= 0.3 is 6.36 Å². The highest BCUT2D eigenvalue weighted by Crippen LogP contribution is 2.46. The van der Waals surface area contributed by atoms with E-state index < -0.39 is 27.5 Å². The largest absolute Gasteiger partial charge is 0.573 e. The minimum Gasteiger partial charge on any atom is -0.405 e. The maximum atomic E-state index is 13.1. The Morgan fingerprint density at radius 3 is 2.39 bits per heavy atom. The number of sulfonamides is 1. The third-order valence-corrected chi connectivity index (χ3v) is 10.7. The summed E-state index contributed by atoms with van der Waals surface area (Å²) in [6, 6.07) is 9.97. The van der Waals surface area contributed by atoms with Gasteiger partial charge in [-0.3, -0.25) is 4.79 Å². The van der Waals surface area contributed by atoms with E-state index in [4.69, 9.17) is 4.52 Å². The zero-order chi connectivity index (χ0) is 30.6. The molecule has 1 amide bonds. The number of para-hydroxylation sites is 1. The Morgan fingerprint density at radius 1 is 1.02 bits per heavy atom. The predicted molar refractivity (Wildman–Crippen MR) is 153 cm³/mol. The van der Waals surface area contributed by atoms with Gasteiger partial charge in [0.1, 0.15) is 23.0 Å². The van der Waals surface area contributed by atoms with Crippen LogP contribution >= 0.6 is 0 Å². The predicted octanol–water partition coefficient (Wildman–Crippen LogP) is 5.02. The van der Waals surface area contributed by atoms with Crippen LogP contribution in [-0.2, 0) is 16.6 Å². The molecule has 44 heavy (non-hydrogen) atoms. The highest BCUT2D eigenvalue weighted by molar-refractivity contribution is 7.91. The number of pyridine rings is 1. The number of halogens is 3. The van der Waals surface area contributed by atoms with E-state index in [0.717, 1.165) is 49.9 Å². The Kier molecular flexibility index (Phi) is 7.31. The average molecular weight is 632 g/mol. The standard InChI is InChI=1S/C30H32F3N5O5S/c31-30(32,33)42-25-4-2-1-3-23(25)27-24(28(43-36-27)17-5-6-17)16-34-19-13-20-8-9-21(14-19)38(20)26-12-7-18(15-35-26)29(39)37-44(40,41)22-10-11-22/h1-4,7,12,15,17,19-22,34H,5-6,8-11,13-14,16H2,(H,37,39). The van der Waals surface area contributed by atoms with Gasteiger partial charge in [-0.25, -0.2) is 18.1 Å². The van der Waals surface area contributed by atoms with Crippen LogP contribution in [0.15, 0.2) is 47.1 Å². The minimum atomic E-state index is -4.83. The number of fused-ring (bicyclic) bond motifs is 2. The number of benzene rings is 1. The molecule has 4 heterocycles. The fourth-order valence-electron chi connectivity index (χ4n) is 6.53. The van der Waals surface area contributed by atoms with E-state index in [1.807, 2.05) is 0 Å². The molecule has 0 radical (unpaired) electrons. The summed E-state index contributed by atoms with van der Waals surface area (Å²) in [5, 5.41) is 7.36. The van der Waals surface area contributed by atoms with Crippen molar-refractivity contribution in [2.75, 3.05) is 4.90 Å². The first-order valence-electron chi connectivity index (χ1n) is 14.9. The Morgan fingerprint density at radius 2 is 1.75 bits per heavy atom. The van der Waals surface area contributed by atoms with Crippen molar-refractivity contribution in [3.63, 3.8) is 0 Å². The maximum absolute atomic E-state index is 13.1. The van der Waals surface area contributed by atoms with Gasteiger partial charge in [0.25, 0.3) is 5.91 Å². The number of nitrogens with zero attached hydrogens (tertiary/aromatic N) is 3. The third-order valence-electron chi connectivity index (χ3n) is 8.91. The van der Waals surface area contributed by atoms with Crippen LogP contribution in [0.2, 0.25) is 0 Å². The number of ether oxygens (including phenoxy) is 1. The molecule has 7 rings (SSSR count). The Balaban J connectivity index is 1.03. The number of carbonyl (C=O) groups is 1. The second-order valence-corrected chi connectivity index (χ2v) is 14.1. The van der Waals surface area contributed by atoms with Gasteiger partial charge in [-0.15, -0.1) is 13.2 Å². The number of alkyl halides is 3. The number of rotatable bonds is 10. The molecule has 234 valence electrons. The number of anilines is 1. The van der Waals surface area contributed by atoms with Crippen molar-refractivity contribution in [2.45, 2.75) is 93.6 Å². The summed E-state index contributed by atoms with van der Waals surface area (Å²) in [4.78, 5) is 19.3. The molecule has 10 nitrogen and oxygen atoms in total. The van der Waals surface area contributed by atoms with Crippen LogP contribution in [0.5, 0.6) is 5.75 Å². The second kappa shape index (κ2) is 11.1. The molecule has 1 aromatic carbocycles. The smallest absolute Gasteiger partial charge is 0.405 e. The lowest BCUT2D eigenvalue weighted by Crippen LogP contribution is -2.49. The Labute approximate surface area is 252 Å². The molecule has 2 bridgehead atoms. The first-order chi connectivity index (χ1) is 21.1. The fourth-order valence-corrected chi connectivity index (χ4v) is 7.83. The lowest BCUT2D eigenvalue weighted by atomic mass is 9.96. The van der Waals surface area contributed by atoms with Gasteiger partial charge in [0.15, 0.2) is 0 Å². The van der Waals surface area contributed by atoms with E-state index in [9.17, 15) is 26.4 Å². The van der Waals surface area contributed by atoms with E-state index in [2.05, 4.69) is 29.8 Å². The van der Waals surface area contributed by atoms with Crippen molar-refractivity contribution in [1.29, 1.82) is 0 Å². The van der Waals surface area contributed by atoms with Gasteiger partial charge in [0.2, 0.25) is 10.0 Å². The van der Waals surface area contributed by atoms with Crippen LogP contribution in [0, 0.1) is 0 Å². The summed E-state index contributed by atoms with van der Waals surface area (Å²) in [5.74, 6) is 0.688. The molecule has 2 aliphatic carbocycles.